The molecule has 0 saturated heterocycles. The van der Waals surface area contributed by atoms with Crippen LogP contribution in [0.1, 0.15) is 60.1 Å². The van der Waals surface area contributed by atoms with E-state index in [0.717, 1.165) is 13.2 Å². The van der Waals surface area contributed by atoms with Crippen molar-refractivity contribution in [2.75, 3.05) is 6.61 Å². The van der Waals surface area contributed by atoms with Crippen LogP contribution in [-0.4, -0.2) is 27.8 Å². The Morgan fingerprint density at radius 3 is 2.03 bits per heavy atom. The topological polar surface area (TPSA) is 23.4 Å². The number of hydrogen-bond donors (Lipinski definition) is 0. The molecule has 3 nitrogen and oxygen atoms in total. The lowest BCUT2D eigenvalue weighted by Crippen LogP contribution is -2.41. The zero-order valence-electron chi connectivity index (χ0n) is 20.6. The molecule has 0 aliphatic heterocycles. The summed E-state index contributed by atoms with van der Waals surface area (Å²) in [5, 5.41) is 1.72. The molecule has 0 fully saturated rings. The lowest BCUT2D eigenvalue weighted by Gasteiger charge is -2.38. The van der Waals surface area contributed by atoms with Gasteiger partial charge in [-0.25, -0.2) is 0 Å². The molecule has 1 aromatic carbocycles. The Bertz CT molecular complexity index is 825. The van der Waals surface area contributed by atoms with Gasteiger partial charge in [0.25, 0.3) is 0 Å². The van der Waals surface area contributed by atoms with Crippen LogP contribution in [0.2, 0.25) is 36.3 Å². The number of aromatic nitrogens is 1. The minimum absolute atomic E-state index is 0.0783. The molecule has 0 aliphatic carbocycles. The van der Waals surface area contributed by atoms with Crippen LogP contribution in [-0.2, 0) is 15.4 Å². The average Bonchev–Trinajstić information content (AvgIpc) is 2.95. The van der Waals surface area contributed by atoms with Crippen LogP contribution in [0.5, 0.6) is 0 Å². The molecule has 2 aromatic rings. The third-order valence-electron chi connectivity index (χ3n) is 7.14. The van der Waals surface area contributed by atoms with Crippen LogP contribution in [0.15, 0.2) is 30.5 Å². The van der Waals surface area contributed by atoms with Gasteiger partial charge in [0.05, 0.1) is 18.2 Å². The second-order valence-electron chi connectivity index (χ2n) is 11.4. The second kappa shape index (κ2) is 8.33. The van der Waals surface area contributed by atoms with E-state index in [1.807, 2.05) is 0 Å². The summed E-state index contributed by atoms with van der Waals surface area (Å²) in [4.78, 5) is 0. The first-order valence-corrected chi connectivity index (χ1v) is 16.8. The highest BCUT2D eigenvalue weighted by Crippen LogP contribution is 2.41. The molecule has 2 rings (SSSR count). The maximum atomic E-state index is 6.73. The SMILES string of the molecule is CC(O[Si](C)(C)C(C)(C)C)c1cccc2ccn(CCO[Si](C)(C)C(C)(C)C)c12. The molecule has 0 saturated carbocycles. The Morgan fingerprint density at radius 2 is 1.48 bits per heavy atom. The van der Waals surface area contributed by atoms with Crippen molar-refractivity contribution in [3.8, 4) is 0 Å². The third kappa shape index (κ3) is 5.43. The van der Waals surface area contributed by atoms with Gasteiger partial charge >= 0.3 is 0 Å². The Kier molecular flexibility index (Phi) is 7.00. The quantitative estimate of drug-likeness (QED) is 0.417. The van der Waals surface area contributed by atoms with E-state index in [-0.39, 0.29) is 16.2 Å². The number of benzene rings is 1. The fourth-order valence-corrected chi connectivity index (χ4v) is 5.50. The Morgan fingerprint density at radius 1 is 0.897 bits per heavy atom. The molecule has 1 unspecified atom stereocenters. The first-order chi connectivity index (χ1) is 13.1. The fourth-order valence-electron chi connectivity index (χ4n) is 3.10. The van der Waals surface area contributed by atoms with Crippen LogP contribution in [0.4, 0.5) is 0 Å². The Balaban J connectivity index is 2.25. The van der Waals surface area contributed by atoms with Gasteiger partial charge in [0, 0.05) is 18.3 Å². The maximum Gasteiger partial charge on any atom is 0.192 e. The van der Waals surface area contributed by atoms with E-state index in [2.05, 4.69) is 110 Å². The van der Waals surface area contributed by atoms with Gasteiger partial charge in [-0.1, -0.05) is 59.7 Å². The summed E-state index contributed by atoms with van der Waals surface area (Å²) in [5.74, 6) is 0. The van der Waals surface area contributed by atoms with E-state index in [4.69, 9.17) is 8.85 Å². The van der Waals surface area contributed by atoms with Gasteiger partial charge in [0.15, 0.2) is 16.6 Å². The molecule has 0 spiro atoms. The van der Waals surface area contributed by atoms with E-state index in [1.54, 1.807) is 0 Å². The first kappa shape index (κ1) is 24.4. The fraction of sp³-hybridized carbons (Fsp3) is 0.667. The molecule has 1 atom stereocenters. The Hall–Kier alpha value is -0.886. The maximum absolute atomic E-state index is 6.73. The van der Waals surface area contributed by atoms with E-state index in [9.17, 15) is 0 Å². The average molecular weight is 434 g/mol. The number of fused-ring (bicyclic) bond motifs is 1. The molecule has 164 valence electrons. The van der Waals surface area contributed by atoms with Crippen LogP contribution in [0.3, 0.4) is 0 Å². The molecule has 5 heteroatoms. The highest BCUT2D eigenvalue weighted by Gasteiger charge is 2.39. The summed E-state index contributed by atoms with van der Waals surface area (Å²) in [6, 6.07) is 8.79. The number of rotatable bonds is 7. The summed E-state index contributed by atoms with van der Waals surface area (Å²) >= 11 is 0. The Labute approximate surface area is 181 Å². The van der Waals surface area contributed by atoms with Gasteiger partial charge in [-0.05, 0) is 54.6 Å². The smallest absolute Gasteiger partial charge is 0.192 e. The number of para-hydroxylation sites is 1. The largest absolute Gasteiger partial charge is 0.415 e. The van der Waals surface area contributed by atoms with Crippen molar-refractivity contribution in [3.63, 3.8) is 0 Å². The van der Waals surface area contributed by atoms with Crippen molar-refractivity contribution < 1.29 is 8.85 Å². The molecule has 0 bridgehead atoms. The van der Waals surface area contributed by atoms with Crippen LogP contribution in [0.25, 0.3) is 10.9 Å². The van der Waals surface area contributed by atoms with Crippen LogP contribution in [0, 0.1) is 0 Å². The van der Waals surface area contributed by atoms with E-state index in [1.165, 1.54) is 16.5 Å². The van der Waals surface area contributed by atoms with Crippen LogP contribution < -0.4 is 0 Å². The van der Waals surface area contributed by atoms with Gasteiger partial charge in [0.1, 0.15) is 0 Å². The van der Waals surface area contributed by atoms with Gasteiger partial charge in [0.2, 0.25) is 0 Å². The van der Waals surface area contributed by atoms with Crippen molar-refractivity contribution in [1.29, 1.82) is 0 Å². The predicted octanol–water partition coefficient (Wildman–Crippen LogP) is 7.75. The highest BCUT2D eigenvalue weighted by atomic mass is 28.4. The van der Waals surface area contributed by atoms with Crippen molar-refractivity contribution in [1.82, 2.24) is 4.57 Å². The minimum atomic E-state index is -1.83. The van der Waals surface area contributed by atoms with Gasteiger partial charge in [-0.2, -0.15) is 0 Å². The molecule has 1 aromatic heterocycles. The van der Waals surface area contributed by atoms with E-state index in [0.29, 0.717) is 0 Å². The summed E-state index contributed by atoms with van der Waals surface area (Å²) in [5.41, 5.74) is 2.57. The molecule has 0 N–H and O–H groups in total. The summed E-state index contributed by atoms with van der Waals surface area (Å²) in [7, 11) is -3.56. The molecule has 0 amide bonds. The standard InChI is InChI=1S/C24H43NO2Si2/c1-19(27-29(10,11)24(5,6)7)21-14-12-13-20-15-16-25(22(20)21)17-18-26-28(8,9)23(2,3)4/h12-16,19H,17-18H2,1-11H3. The molecule has 29 heavy (non-hydrogen) atoms. The predicted molar refractivity (Wildman–Crippen MR) is 132 cm³/mol. The van der Waals surface area contributed by atoms with Crippen molar-refractivity contribution in [2.24, 2.45) is 0 Å². The van der Waals surface area contributed by atoms with Crippen molar-refractivity contribution in [3.05, 3.63) is 36.0 Å². The van der Waals surface area contributed by atoms with E-state index >= 15 is 0 Å². The second-order valence-corrected chi connectivity index (χ2v) is 21.0. The molecular formula is C24H43NO2Si2. The zero-order chi connectivity index (χ0) is 22.3. The van der Waals surface area contributed by atoms with Crippen LogP contribution >= 0.6 is 0 Å². The summed E-state index contributed by atoms with van der Waals surface area (Å²) in [6.45, 7) is 26.9. The van der Waals surface area contributed by atoms with Gasteiger partial charge < -0.3 is 13.4 Å². The summed E-state index contributed by atoms with van der Waals surface area (Å²) in [6.07, 6.45) is 2.27. The molecular weight excluding hydrogens is 390 g/mol. The number of nitrogens with zero attached hydrogens (tertiary/aromatic N) is 1. The third-order valence-corrected chi connectivity index (χ3v) is 16.2. The summed E-state index contributed by atoms with van der Waals surface area (Å²) < 4.78 is 15.5. The highest BCUT2D eigenvalue weighted by molar-refractivity contribution is 6.74. The van der Waals surface area contributed by atoms with Gasteiger partial charge in [-0.15, -0.1) is 0 Å². The van der Waals surface area contributed by atoms with Crippen molar-refractivity contribution in [2.45, 2.75) is 97.4 Å². The first-order valence-electron chi connectivity index (χ1n) is 11.0. The van der Waals surface area contributed by atoms with E-state index < -0.39 is 16.6 Å². The zero-order valence-corrected chi connectivity index (χ0v) is 22.6. The molecule has 1 heterocycles. The lowest BCUT2D eigenvalue weighted by molar-refractivity contribution is 0.204. The molecule has 0 aliphatic rings. The van der Waals surface area contributed by atoms with Gasteiger partial charge in [-0.3, -0.25) is 0 Å². The monoisotopic (exact) mass is 433 g/mol. The number of hydrogen-bond acceptors (Lipinski definition) is 2. The lowest BCUT2D eigenvalue weighted by atomic mass is 10.1. The minimum Gasteiger partial charge on any atom is -0.415 e. The molecule has 0 radical (unpaired) electrons. The van der Waals surface area contributed by atoms with Crippen molar-refractivity contribution >= 4 is 27.5 Å². The normalized spacial score (nSPS) is 15.1.